The molecule has 1 aliphatic rings. The van der Waals surface area contributed by atoms with Crippen molar-refractivity contribution < 1.29 is 19.2 Å². The van der Waals surface area contributed by atoms with Crippen LogP contribution in [0.2, 0.25) is 0 Å². The van der Waals surface area contributed by atoms with Crippen molar-refractivity contribution in [1.82, 2.24) is 4.90 Å². The van der Waals surface area contributed by atoms with E-state index in [0.29, 0.717) is 19.5 Å². The van der Waals surface area contributed by atoms with Gasteiger partial charge in [-0.1, -0.05) is 13.0 Å². The summed E-state index contributed by atoms with van der Waals surface area (Å²) < 4.78 is 11.0. The Morgan fingerprint density at radius 3 is 2.43 bits per heavy atom. The number of hydrogen-bond donors (Lipinski definition) is 1. The van der Waals surface area contributed by atoms with Crippen molar-refractivity contribution in [1.29, 1.82) is 0 Å². The Morgan fingerprint density at radius 2 is 2.00 bits per heavy atom. The fourth-order valence-electron chi connectivity index (χ4n) is 1.86. The molecule has 1 amide bonds. The highest BCUT2D eigenvalue weighted by atomic mass is 16.6. The van der Waals surface area contributed by atoms with E-state index in [1.165, 1.54) is 0 Å². The molecule has 21 heavy (non-hydrogen) atoms. The summed E-state index contributed by atoms with van der Waals surface area (Å²) in [6.45, 7) is 12.4. The van der Waals surface area contributed by atoms with E-state index in [2.05, 4.69) is 0 Å². The molecule has 1 N–H and O–H groups in total. The third kappa shape index (κ3) is 6.10. The first-order chi connectivity index (χ1) is 9.54. The lowest BCUT2D eigenvalue weighted by molar-refractivity contribution is 0.0263. The molecule has 5 nitrogen and oxygen atoms in total. The molecule has 0 saturated heterocycles. The molecule has 1 aliphatic heterocycles. The number of carbonyl (C=O) groups excluding carboxylic acids is 1. The minimum Gasteiger partial charge on any atom is -0.444 e. The van der Waals surface area contributed by atoms with E-state index in [0.717, 1.165) is 11.9 Å². The highest BCUT2D eigenvalue weighted by Gasteiger charge is 2.31. The van der Waals surface area contributed by atoms with Crippen molar-refractivity contribution in [3.05, 3.63) is 11.5 Å². The molecule has 0 radical (unpaired) electrons. The lowest BCUT2D eigenvalue weighted by atomic mass is 9.74. The molecule has 6 heteroatoms. The van der Waals surface area contributed by atoms with Gasteiger partial charge >= 0.3 is 13.2 Å². The van der Waals surface area contributed by atoms with E-state index in [9.17, 15) is 9.82 Å². The van der Waals surface area contributed by atoms with Gasteiger partial charge in [0.05, 0.1) is 0 Å². The minimum absolute atomic E-state index is 0.318. The number of rotatable bonds is 4. The summed E-state index contributed by atoms with van der Waals surface area (Å²) in [5, 5.41) is 10.1. The number of carbonyl (C=O) groups is 1. The average molecular weight is 297 g/mol. The molecular weight excluding hydrogens is 269 g/mol. The molecule has 0 aliphatic carbocycles. The van der Waals surface area contributed by atoms with Gasteiger partial charge in [-0.25, -0.2) is 4.79 Å². The lowest BCUT2D eigenvalue weighted by Crippen LogP contribution is -2.42. The second-order valence-corrected chi connectivity index (χ2v) is 7.04. The zero-order valence-electron chi connectivity index (χ0n) is 14.1. The molecule has 0 spiro atoms. The van der Waals surface area contributed by atoms with Gasteiger partial charge in [0.2, 0.25) is 0 Å². The van der Waals surface area contributed by atoms with Crippen molar-refractivity contribution in [2.75, 3.05) is 13.1 Å². The molecule has 0 bridgehead atoms. The van der Waals surface area contributed by atoms with E-state index in [4.69, 9.17) is 9.39 Å². The summed E-state index contributed by atoms with van der Waals surface area (Å²) in [7, 11) is -0.902. The number of hydrogen-bond acceptors (Lipinski definition) is 4. The minimum atomic E-state index is -0.902. The predicted octanol–water partition coefficient (Wildman–Crippen LogP) is 2.78. The average Bonchev–Trinajstić information content (AvgIpc) is 2.36. The van der Waals surface area contributed by atoms with Crippen LogP contribution in [0.5, 0.6) is 0 Å². The van der Waals surface area contributed by atoms with E-state index in [1.807, 2.05) is 47.6 Å². The molecule has 0 aromatic rings. The molecule has 1 heterocycles. The number of ether oxygens (including phenoxy) is 1. The smallest absolute Gasteiger partial charge is 0.444 e. The third-order valence-corrected chi connectivity index (χ3v) is 3.50. The summed E-state index contributed by atoms with van der Waals surface area (Å²) in [4.78, 5) is 13.6. The second kappa shape index (κ2) is 6.84. The Morgan fingerprint density at radius 1 is 1.38 bits per heavy atom. The zero-order chi connectivity index (χ0) is 16.3. The predicted molar refractivity (Wildman–Crippen MR) is 83.9 cm³/mol. The fraction of sp³-hybridized carbons (Fsp3) is 0.800. The fourth-order valence-corrected chi connectivity index (χ4v) is 1.86. The van der Waals surface area contributed by atoms with Crippen LogP contribution in [-0.4, -0.2) is 47.4 Å². The summed E-state index contributed by atoms with van der Waals surface area (Å²) in [5.41, 5.74) is -0.0199. The topological polar surface area (TPSA) is 59.0 Å². The van der Waals surface area contributed by atoms with Crippen molar-refractivity contribution in [3.8, 4) is 0 Å². The van der Waals surface area contributed by atoms with Gasteiger partial charge in [-0.3, -0.25) is 0 Å². The molecule has 1 rings (SSSR count). The molecule has 0 aromatic heterocycles. The van der Waals surface area contributed by atoms with Crippen LogP contribution in [0.3, 0.4) is 0 Å². The van der Waals surface area contributed by atoms with Gasteiger partial charge in [-0.15, -0.1) is 0 Å². The van der Waals surface area contributed by atoms with Crippen LogP contribution in [0.4, 0.5) is 4.79 Å². The maximum Gasteiger partial charge on any atom is 0.487 e. The van der Waals surface area contributed by atoms with Crippen LogP contribution in [0.25, 0.3) is 0 Å². The Labute approximate surface area is 128 Å². The Bertz CT molecular complexity index is 401. The summed E-state index contributed by atoms with van der Waals surface area (Å²) in [6.07, 6.45) is 2.95. The Hall–Kier alpha value is -1.01. The first kappa shape index (κ1) is 18.0. The molecule has 120 valence electrons. The van der Waals surface area contributed by atoms with Crippen LogP contribution >= 0.6 is 0 Å². The van der Waals surface area contributed by atoms with Gasteiger partial charge in [-0.2, -0.15) is 0 Å². The molecular formula is C15H28BNO4. The highest BCUT2D eigenvalue weighted by molar-refractivity contribution is 6.52. The third-order valence-electron chi connectivity index (χ3n) is 3.50. The zero-order valence-corrected chi connectivity index (χ0v) is 14.1. The van der Waals surface area contributed by atoms with Gasteiger partial charge in [-0.05, 0) is 52.9 Å². The van der Waals surface area contributed by atoms with Crippen LogP contribution < -0.4 is 0 Å². The normalized spacial score (nSPS) is 16.5. The second-order valence-electron chi connectivity index (χ2n) is 7.04. The van der Waals surface area contributed by atoms with Gasteiger partial charge in [0, 0.05) is 18.7 Å². The highest BCUT2D eigenvalue weighted by Crippen LogP contribution is 2.21. The van der Waals surface area contributed by atoms with Crippen molar-refractivity contribution >= 4 is 13.2 Å². The van der Waals surface area contributed by atoms with E-state index in [-0.39, 0.29) is 11.7 Å². The molecule has 0 saturated carbocycles. The Kier molecular flexibility index (Phi) is 5.87. The molecule has 0 fully saturated rings. The first-order valence-corrected chi connectivity index (χ1v) is 7.57. The largest absolute Gasteiger partial charge is 0.487 e. The quantitative estimate of drug-likeness (QED) is 0.811. The van der Waals surface area contributed by atoms with Crippen LogP contribution in [0.1, 0.15) is 54.4 Å². The van der Waals surface area contributed by atoms with E-state index >= 15 is 0 Å². The number of amides is 1. The van der Waals surface area contributed by atoms with Gasteiger partial charge < -0.3 is 19.3 Å². The maximum atomic E-state index is 11.9. The summed E-state index contributed by atoms with van der Waals surface area (Å²) >= 11 is 0. The lowest BCUT2D eigenvalue weighted by Gasteiger charge is -2.31. The van der Waals surface area contributed by atoms with Crippen LogP contribution in [-0.2, 0) is 9.39 Å². The summed E-state index contributed by atoms with van der Waals surface area (Å²) in [6, 6.07) is 0. The summed E-state index contributed by atoms with van der Waals surface area (Å²) in [5.74, 6) is 0. The van der Waals surface area contributed by atoms with E-state index < -0.39 is 12.7 Å². The first-order valence-electron chi connectivity index (χ1n) is 7.57. The van der Waals surface area contributed by atoms with Crippen LogP contribution in [0, 0.1) is 0 Å². The van der Waals surface area contributed by atoms with Gasteiger partial charge in [0.15, 0.2) is 0 Å². The van der Waals surface area contributed by atoms with Crippen molar-refractivity contribution in [2.45, 2.75) is 65.6 Å². The standard InChI is InChI=1S/C15H28BNO4/c1-7-15(5,6)21-16(19)12-8-10-17(11-9-12)13(18)20-14(2,3)4/h8,19H,7,9-11H2,1-6H3. The van der Waals surface area contributed by atoms with E-state index in [1.54, 1.807) is 4.90 Å². The molecule has 0 atom stereocenters. The molecule has 0 aromatic carbocycles. The molecule has 0 unspecified atom stereocenters. The van der Waals surface area contributed by atoms with Gasteiger partial charge in [0.25, 0.3) is 0 Å². The SMILES string of the molecule is CCC(C)(C)OB(O)C1=CCN(C(=O)OC(C)(C)C)CC1. The maximum absolute atomic E-state index is 11.9. The van der Waals surface area contributed by atoms with Crippen LogP contribution in [0.15, 0.2) is 11.5 Å². The van der Waals surface area contributed by atoms with Gasteiger partial charge in [0.1, 0.15) is 5.60 Å². The monoisotopic (exact) mass is 297 g/mol. The van der Waals surface area contributed by atoms with Crippen molar-refractivity contribution in [2.24, 2.45) is 0 Å². The Balaban J connectivity index is 2.56. The number of nitrogens with zero attached hydrogens (tertiary/aromatic N) is 1. The van der Waals surface area contributed by atoms with Crippen molar-refractivity contribution in [3.63, 3.8) is 0 Å².